The van der Waals surface area contributed by atoms with E-state index in [2.05, 4.69) is 35.6 Å². The quantitative estimate of drug-likeness (QED) is 0.522. The average molecular weight is 467 g/mol. The second-order valence-electron chi connectivity index (χ2n) is 7.33. The van der Waals surface area contributed by atoms with E-state index in [1.807, 2.05) is 57.2 Å². The van der Waals surface area contributed by atoms with Crippen LogP contribution in [-0.4, -0.2) is 30.2 Å². The highest BCUT2D eigenvalue weighted by atomic mass is 127. The predicted octanol–water partition coefficient (Wildman–Crippen LogP) is 5.80. The zero-order valence-electron chi connectivity index (χ0n) is 16.0. The van der Waals surface area contributed by atoms with Crippen LogP contribution in [0.2, 0.25) is 0 Å². The zero-order valence-corrected chi connectivity index (χ0v) is 18.2. The van der Waals surface area contributed by atoms with Gasteiger partial charge < -0.3 is 14.4 Å². The minimum atomic E-state index is -0.477. The van der Waals surface area contributed by atoms with Gasteiger partial charge in [-0.25, -0.2) is 4.79 Å². The number of carbonyl (C=O) groups excluding carboxylic acids is 1. The van der Waals surface area contributed by atoms with Crippen molar-refractivity contribution in [1.29, 1.82) is 0 Å². The normalized spacial score (nSPS) is 11.2. The summed E-state index contributed by atoms with van der Waals surface area (Å²) in [5.74, 6) is 1.66. The van der Waals surface area contributed by atoms with Crippen LogP contribution in [0, 0.1) is 10.5 Å². The molecule has 0 saturated carbocycles. The van der Waals surface area contributed by atoms with Crippen LogP contribution in [0.25, 0.3) is 0 Å². The Morgan fingerprint density at radius 1 is 1.12 bits per heavy atom. The van der Waals surface area contributed by atoms with Gasteiger partial charge in [0.05, 0.1) is 3.57 Å². The van der Waals surface area contributed by atoms with Crippen molar-refractivity contribution in [3.05, 3.63) is 57.2 Å². The number of carbonyl (C=O) groups is 1. The minimum absolute atomic E-state index is 0.300. The third-order valence-electron chi connectivity index (χ3n) is 3.69. The van der Waals surface area contributed by atoms with Crippen LogP contribution >= 0.6 is 22.6 Å². The summed E-state index contributed by atoms with van der Waals surface area (Å²) in [6.45, 7) is 8.26. The molecule has 5 heteroatoms. The van der Waals surface area contributed by atoms with E-state index >= 15 is 0 Å². The molecular formula is C21H26INO3. The Morgan fingerprint density at radius 2 is 1.77 bits per heavy atom. The fourth-order valence-electron chi connectivity index (χ4n) is 2.24. The first-order chi connectivity index (χ1) is 12.1. The lowest BCUT2D eigenvalue weighted by atomic mass is 10.1. The summed E-state index contributed by atoms with van der Waals surface area (Å²) in [7, 11) is 1.76. The molecule has 0 unspecified atom stereocenters. The summed E-state index contributed by atoms with van der Waals surface area (Å²) in [6.07, 6.45) is 0.461. The maximum absolute atomic E-state index is 12.0. The van der Waals surface area contributed by atoms with E-state index < -0.39 is 5.60 Å². The second-order valence-corrected chi connectivity index (χ2v) is 8.49. The molecule has 2 aromatic rings. The Labute approximate surface area is 169 Å². The first-order valence-corrected chi connectivity index (χ1v) is 9.69. The average Bonchev–Trinajstić information content (AvgIpc) is 2.55. The predicted molar refractivity (Wildman–Crippen MR) is 113 cm³/mol. The first kappa shape index (κ1) is 20.6. The van der Waals surface area contributed by atoms with Crippen molar-refractivity contribution in [2.45, 2.75) is 39.7 Å². The van der Waals surface area contributed by atoms with Gasteiger partial charge in [0, 0.05) is 13.6 Å². The van der Waals surface area contributed by atoms with E-state index in [9.17, 15) is 4.79 Å². The number of amides is 1. The van der Waals surface area contributed by atoms with E-state index in [1.54, 1.807) is 11.9 Å². The van der Waals surface area contributed by atoms with Crippen LogP contribution < -0.4 is 4.74 Å². The van der Waals surface area contributed by atoms with E-state index in [0.717, 1.165) is 27.1 Å². The lowest BCUT2D eigenvalue weighted by molar-refractivity contribution is 0.0301. The summed E-state index contributed by atoms with van der Waals surface area (Å²) in [6, 6.07) is 14.1. The summed E-state index contributed by atoms with van der Waals surface area (Å²) in [5, 5.41) is 0. The molecule has 0 aliphatic heterocycles. The number of rotatable bonds is 5. The fraction of sp³-hybridized carbons (Fsp3) is 0.381. The molecule has 2 rings (SSSR count). The third kappa shape index (κ3) is 6.52. The molecule has 0 aliphatic carbocycles. The standard InChI is InChI=1S/C21H26INO3/c1-15-6-9-17(10-7-15)25-19-11-8-16(14-18(19)22)12-13-23(5)20(24)26-21(2,3)4/h6-11,14H,12-13H2,1-5H3. The van der Waals surface area contributed by atoms with Crippen LogP contribution in [0.15, 0.2) is 42.5 Å². The molecule has 0 saturated heterocycles. The molecule has 0 N–H and O–H groups in total. The van der Waals surface area contributed by atoms with Crippen molar-refractivity contribution in [3.63, 3.8) is 0 Å². The Morgan fingerprint density at radius 3 is 2.35 bits per heavy atom. The number of ether oxygens (including phenoxy) is 2. The molecule has 26 heavy (non-hydrogen) atoms. The molecule has 0 aromatic heterocycles. The van der Waals surface area contributed by atoms with E-state index in [-0.39, 0.29) is 6.09 Å². The third-order valence-corrected chi connectivity index (χ3v) is 4.53. The highest BCUT2D eigenvalue weighted by molar-refractivity contribution is 14.1. The maximum Gasteiger partial charge on any atom is 0.410 e. The second kappa shape index (κ2) is 8.75. The largest absolute Gasteiger partial charge is 0.456 e. The molecule has 1 amide bonds. The maximum atomic E-state index is 12.0. The number of hydrogen-bond donors (Lipinski definition) is 0. The molecule has 0 spiro atoms. The molecule has 140 valence electrons. The van der Waals surface area contributed by atoms with Gasteiger partial charge in [-0.2, -0.15) is 0 Å². The van der Waals surface area contributed by atoms with Crippen LogP contribution in [0.3, 0.4) is 0 Å². The Hall–Kier alpha value is -1.76. The number of hydrogen-bond acceptors (Lipinski definition) is 3. The van der Waals surface area contributed by atoms with Gasteiger partial charge in [0.1, 0.15) is 17.1 Å². The van der Waals surface area contributed by atoms with E-state index in [4.69, 9.17) is 9.47 Å². The highest BCUT2D eigenvalue weighted by Crippen LogP contribution is 2.28. The van der Waals surface area contributed by atoms with Crippen molar-refractivity contribution in [2.75, 3.05) is 13.6 Å². The molecule has 2 aromatic carbocycles. The van der Waals surface area contributed by atoms with Crippen LogP contribution in [0.4, 0.5) is 4.79 Å². The lowest BCUT2D eigenvalue weighted by Crippen LogP contribution is -2.35. The number of aryl methyl sites for hydroxylation is 1. The van der Waals surface area contributed by atoms with Gasteiger partial charge in [0.2, 0.25) is 0 Å². The Balaban J connectivity index is 1.94. The molecular weight excluding hydrogens is 441 g/mol. The van der Waals surface area contributed by atoms with Crippen molar-refractivity contribution in [2.24, 2.45) is 0 Å². The SMILES string of the molecule is Cc1ccc(Oc2ccc(CCN(C)C(=O)OC(C)(C)C)cc2I)cc1. The fourth-order valence-corrected chi connectivity index (χ4v) is 2.93. The smallest absolute Gasteiger partial charge is 0.410 e. The van der Waals surface area contributed by atoms with Crippen LogP contribution in [-0.2, 0) is 11.2 Å². The van der Waals surface area contributed by atoms with Crippen LogP contribution in [0.5, 0.6) is 11.5 Å². The molecule has 0 fully saturated rings. The van der Waals surface area contributed by atoms with Crippen molar-refractivity contribution in [3.8, 4) is 11.5 Å². The topological polar surface area (TPSA) is 38.8 Å². The highest BCUT2D eigenvalue weighted by Gasteiger charge is 2.19. The molecule has 0 bridgehead atoms. The first-order valence-electron chi connectivity index (χ1n) is 8.61. The van der Waals surface area contributed by atoms with Gasteiger partial charge in [0.15, 0.2) is 0 Å². The van der Waals surface area contributed by atoms with E-state index in [1.165, 1.54) is 5.56 Å². The Kier molecular flexibility index (Phi) is 6.92. The van der Waals surface area contributed by atoms with Gasteiger partial charge in [-0.15, -0.1) is 0 Å². The molecule has 0 radical (unpaired) electrons. The molecule has 0 aliphatic rings. The van der Waals surface area contributed by atoms with E-state index in [0.29, 0.717) is 6.54 Å². The number of nitrogens with zero attached hydrogens (tertiary/aromatic N) is 1. The number of benzene rings is 2. The summed E-state index contributed by atoms with van der Waals surface area (Å²) in [5.41, 5.74) is 1.88. The zero-order chi connectivity index (χ0) is 19.3. The lowest BCUT2D eigenvalue weighted by Gasteiger charge is -2.24. The Bertz CT molecular complexity index is 751. The molecule has 4 nitrogen and oxygen atoms in total. The van der Waals surface area contributed by atoms with Crippen molar-refractivity contribution < 1.29 is 14.3 Å². The molecule has 0 heterocycles. The number of likely N-dealkylation sites (N-methyl/N-ethyl adjacent to an activating group) is 1. The van der Waals surface area contributed by atoms with Gasteiger partial charge in [0.25, 0.3) is 0 Å². The molecule has 0 atom stereocenters. The van der Waals surface area contributed by atoms with Gasteiger partial charge in [-0.3, -0.25) is 0 Å². The minimum Gasteiger partial charge on any atom is -0.456 e. The summed E-state index contributed by atoms with van der Waals surface area (Å²) in [4.78, 5) is 13.6. The monoisotopic (exact) mass is 467 g/mol. The number of halogens is 1. The van der Waals surface area contributed by atoms with Crippen molar-refractivity contribution >= 4 is 28.7 Å². The van der Waals surface area contributed by atoms with Crippen LogP contribution in [0.1, 0.15) is 31.9 Å². The van der Waals surface area contributed by atoms with Gasteiger partial charge >= 0.3 is 6.09 Å². The van der Waals surface area contributed by atoms with Gasteiger partial charge in [-0.1, -0.05) is 23.8 Å². The summed E-state index contributed by atoms with van der Waals surface area (Å²) >= 11 is 2.28. The van der Waals surface area contributed by atoms with Crippen molar-refractivity contribution in [1.82, 2.24) is 4.90 Å². The summed E-state index contributed by atoms with van der Waals surface area (Å²) < 4.78 is 12.4. The van der Waals surface area contributed by atoms with Gasteiger partial charge in [-0.05, 0) is 86.5 Å².